The number of halogens is 1. The molecule has 0 bridgehead atoms. The van der Waals surface area contributed by atoms with E-state index < -0.39 is 0 Å². The molecule has 0 amide bonds. The van der Waals surface area contributed by atoms with Crippen LogP contribution in [0.3, 0.4) is 0 Å². The summed E-state index contributed by atoms with van der Waals surface area (Å²) in [5.41, 5.74) is 1.80. The van der Waals surface area contributed by atoms with Crippen molar-refractivity contribution >= 4 is 0 Å². The Morgan fingerprint density at radius 1 is 1.33 bits per heavy atom. The fraction of sp³-hybridized carbons (Fsp3) is 0.571. The van der Waals surface area contributed by atoms with E-state index in [1.165, 1.54) is 7.11 Å². The van der Waals surface area contributed by atoms with Gasteiger partial charge in [-0.25, -0.2) is 4.39 Å². The molecule has 0 aromatic heterocycles. The average molecular weight is 252 g/mol. The molecule has 1 saturated heterocycles. The molecule has 3 nitrogen and oxygen atoms in total. The van der Waals surface area contributed by atoms with Crippen molar-refractivity contribution in [2.75, 3.05) is 39.8 Å². The molecule has 2 rings (SSSR count). The number of nitrogens with one attached hydrogen (secondary N) is 1. The van der Waals surface area contributed by atoms with E-state index in [0.717, 1.165) is 44.7 Å². The van der Waals surface area contributed by atoms with E-state index >= 15 is 0 Å². The zero-order chi connectivity index (χ0) is 13.0. The fourth-order valence-electron chi connectivity index (χ4n) is 2.32. The van der Waals surface area contributed by atoms with Crippen LogP contribution in [0, 0.1) is 12.7 Å². The third kappa shape index (κ3) is 3.21. The van der Waals surface area contributed by atoms with Crippen molar-refractivity contribution in [2.24, 2.45) is 0 Å². The Morgan fingerprint density at radius 3 is 2.72 bits per heavy atom. The van der Waals surface area contributed by atoms with Crippen LogP contribution in [0.25, 0.3) is 0 Å². The molecule has 18 heavy (non-hydrogen) atoms. The number of nitrogens with zero attached hydrogens (tertiary/aromatic N) is 1. The van der Waals surface area contributed by atoms with E-state index in [4.69, 9.17) is 4.74 Å². The molecule has 1 heterocycles. The number of methoxy groups -OCH3 is 1. The van der Waals surface area contributed by atoms with E-state index in [-0.39, 0.29) is 5.82 Å². The van der Waals surface area contributed by atoms with Gasteiger partial charge in [0.1, 0.15) is 0 Å². The van der Waals surface area contributed by atoms with Gasteiger partial charge in [0.15, 0.2) is 11.6 Å². The Hall–Kier alpha value is -1.13. The lowest BCUT2D eigenvalue weighted by Gasteiger charge is -2.27. The molecule has 1 aromatic carbocycles. The largest absolute Gasteiger partial charge is 0.494 e. The number of hydrogen-bond acceptors (Lipinski definition) is 3. The van der Waals surface area contributed by atoms with Crippen LogP contribution in [0.1, 0.15) is 11.1 Å². The van der Waals surface area contributed by atoms with Crippen molar-refractivity contribution in [3.8, 4) is 5.75 Å². The molecule has 1 aliphatic rings. The molecule has 0 aliphatic carbocycles. The van der Waals surface area contributed by atoms with Gasteiger partial charge in [-0.3, -0.25) is 0 Å². The molecule has 0 atom stereocenters. The number of aryl methyl sites for hydroxylation is 1. The number of rotatable bonds is 4. The summed E-state index contributed by atoms with van der Waals surface area (Å²) >= 11 is 0. The van der Waals surface area contributed by atoms with Crippen molar-refractivity contribution in [1.29, 1.82) is 0 Å². The molecular weight excluding hydrogens is 231 g/mol. The first-order valence-electron chi connectivity index (χ1n) is 6.47. The van der Waals surface area contributed by atoms with Gasteiger partial charge in [-0.15, -0.1) is 0 Å². The lowest BCUT2D eigenvalue weighted by atomic mass is 10.1. The maximum atomic E-state index is 13.6. The first kappa shape index (κ1) is 13.3. The molecular formula is C14H21FN2O. The number of hydrogen-bond donors (Lipinski definition) is 1. The van der Waals surface area contributed by atoms with Gasteiger partial charge in [0, 0.05) is 32.7 Å². The molecule has 4 heteroatoms. The summed E-state index contributed by atoms with van der Waals surface area (Å²) in [5.74, 6) is 0.105. The molecule has 1 fully saturated rings. The highest BCUT2D eigenvalue weighted by Gasteiger charge is 2.11. The average Bonchev–Trinajstić information content (AvgIpc) is 2.41. The Labute approximate surface area is 108 Å². The summed E-state index contributed by atoms with van der Waals surface area (Å²) in [7, 11) is 1.51. The van der Waals surface area contributed by atoms with Gasteiger partial charge in [-0.05, 0) is 30.5 Å². The maximum absolute atomic E-state index is 13.6. The fourth-order valence-corrected chi connectivity index (χ4v) is 2.32. The summed E-state index contributed by atoms with van der Waals surface area (Å²) in [5, 5.41) is 3.34. The number of benzene rings is 1. The van der Waals surface area contributed by atoms with Crippen LogP contribution in [0.15, 0.2) is 12.1 Å². The second-order valence-corrected chi connectivity index (χ2v) is 4.77. The van der Waals surface area contributed by atoms with Crippen LogP contribution in [-0.4, -0.2) is 44.7 Å². The topological polar surface area (TPSA) is 24.5 Å². The summed E-state index contributed by atoms with van der Waals surface area (Å²) in [6.45, 7) is 7.12. The van der Waals surface area contributed by atoms with Gasteiger partial charge >= 0.3 is 0 Å². The Kier molecular flexibility index (Phi) is 4.55. The highest BCUT2D eigenvalue weighted by molar-refractivity contribution is 5.35. The van der Waals surface area contributed by atoms with Gasteiger partial charge in [0.05, 0.1) is 7.11 Å². The van der Waals surface area contributed by atoms with E-state index in [9.17, 15) is 4.39 Å². The van der Waals surface area contributed by atoms with Crippen LogP contribution < -0.4 is 10.1 Å². The zero-order valence-corrected chi connectivity index (χ0v) is 11.1. The Morgan fingerprint density at radius 2 is 2.06 bits per heavy atom. The quantitative estimate of drug-likeness (QED) is 0.880. The minimum Gasteiger partial charge on any atom is -0.494 e. The van der Waals surface area contributed by atoms with E-state index in [1.54, 1.807) is 6.92 Å². The molecule has 0 unspecified atom stereocenters. The van der Waals surface area contributed by atoms with Crippen molar-refractivity contribution in [3.05, 3.63) is 29.1 Å². The standard InChI is InChI=1S/C14H21FN2O/c1-11-9-12(10-13(18-2)14(11)15)3-6-17-7-4-16-5-8-17/h9-10,16H,3-8H2,1-2H3. The van der Waals surface area contributed by atoms with Crippen molar-refractivity contribution in [1.82, 2.24) is 10.2 Å². The molecule has 1 aromatic rings. The highest BCUT2D eigenvalue weighted by Crippen LogP contribution is 2.22. The van der Waals surface area contributed by atoms with Crippen molar-refractivity contribution in [3.63, 3.8) is 0 Å². The lowest BCUT2D eigenvalue weighted by molar-refractivity contribution is 0.244. The SMILES string of the molecule is COc1cc(CCN2CCNCC2)cc(C)c1F. The lowest BCUT2D eigenvalue weighted by Crippen LogP contribution is -2.44. The monoisotopic (exact) mass is 252 g/mol. The highest BCUT2D eigenvalue weighted by atomic mass is 19.1. The minimum atomic E-state index is -0.247. The van der Waals surface area contributed by atoms with E-state index in [1.807, 2.05) is 12.1 Å². The number of piperazine rings is 1. The van der Waals surface area contributed by atoms with Crippen molar-refractivity contribution in [2.45, 2.75) is 13.3 Å². The van der Waals surface area contributed by atoms with Gasteiger partial charge < -0.3 is 15.0 Å². The molecule has 0 saturated carbocycles. The summed E-state index contributed by atoms with van der Waals surface area (Å²) < 4.78 is 18.7. The summed E-state index contributed by atoms with van der Waals surface area (Å²) in [6.07, 6.45) is 0.942. The van der Waals surface area contributed by atoms with Crippen LogP contribution in [0.5, 0.6) is 5.75 Å². The van der Waals surface area contributed by atoms with Gasteiger partial charge in [-0.1, -0.05) is 6.07 Å². The first-order valence-corrected chi connectivity index (χ1v) is 6.47. The Bertz CT molecular complexity index is 403. The molecule has 1 N–H and O–H groups in total. The van der Waals surface area contributed by atoms with Crippen LogP contribution in [-0.2, 0) is 6.42 Å². The number of ether oxygens (including phenoxy) is 1. The maximum Gasteiger partial charge on any atom is 0.167 e. The molecule has 100 valence electrons. The molecule has 1 aliphatic heterocycles. The Balaban J connectivity index is 1.98. The smallest absolute Gasteiger partial charge is 0.167 e. The van der Waals surface area contributed by atoms with Crippen LogP contribution in [0.2, 0.25) is 0 Å². The summed E-state index contributed by atoms with van der Waals surface area (Å²) in [6, 6.07) is 3.73. The van der Waals surface area contributed by atoms with Crippen molar-refractivity contribution < 1.29 is 9.13 Å². The molecule has 0 radical (unpaired) electrons. The minimum absolute atomic E-state index is 0.247. The third-order valence-electron chi connectivity index (χ3n) is 3.43. The predicted octanol–water partition coefficient (Wildman–Crippen LogP) is 1.59. The zero-order valence-electron chi connectivity index (χ0n) is 11.1. The second kappa shape index (κ2) is 6.16. The summed E-state index contributed by atoms with van der Waals surface area (Å²) in [4.78, 5) is 2.43. The van der Waals surface area contributed by atoms with Crippen LogP contribution in [0.4, 0.5) is 4.39 Å². The first-order chi connectivity index (χ1) is 8.70. The van der Waals surface area contributed by atoms with Crippen LogP contribution >= 0.6 is 0 Å². The predicted molar refractivity (Wildman–Crippen MR) is 70.7 cm³/mol. The van der Waals surface area contributed by atoms with Gasteiger partial charge in [-0.2, -0.15) is 0 Å². The van der Waals surface area contributed by atoms with E-state index in [0.29, 0.717) is 11.3 Å². The van der Waals surface area contributed by atoms with Gasteiger partial charge in [0.2, 0.25) is 0 Å². The normalized spacial score (nSPS) is 16.8. The molecule has 0 spiro atoms. The third-order valence-corrected chi connectivity index (χ3v) is 3.43. The second-order valence-electron chi connectivity index (χ2n) is 4.77. The van der Waals surface area contributed by atoms with Gasteiger partial charge in [0.25, 0.3) is 0 Å². The van der Waals surface area contributed by atoms with E-state index in [2.05, 4.69) is 10.2 Å².